The molecule has 98 valence electrons. The number of nitrogens with zero attached hydrogens (tertiary/aromatic N) is 1. The number of carbonyl (C=O) groups is 1. The Kier molecular flexibility index (Phi) is 4.67. The Balaban J connectivity index is 2.92. The van der Waals surface area contributed by atoms with E-state index in [2.05, 4.69) is 10.6 Å². The Labute approximate surface area is 101 Å². The molecule has 0 aromatic heterocycles. The lowest BCUT2D eigenvalue weighted by Crippen LogP contribution is -2.19. The van der Waals surface area contributed by atoms with Crippen molar-refractivity contribution in [3.05, 3.63) is 33.9 Å². The van der Waals surface area contributed by atoms with Crippen LogP contribution in [0.15, 0.2) is 12.1 Å². The van der Waals surface area contributed by atoms with E-state index in [0.717, 1.165) is 0 Å². The van der Waals surface area contributed by atoms with E-state index in [4.69, 9.17) is 0 Å². The maximum atomic E-state index is 13.3. The number of halogens is 2. The van der Waals surface area contributed by atoms with Crippen LogP contribution in [0.3, 0.4) is 0 Å². The zero-order valence-corrected chi connectivity index (χ0v) is 9.50. The van der Waals surface area contributed by atoms with Crippen LogP contribution in [0.25, 0.3) is 0 Å². The van der Waals surface area contributed by atoms with Crippen molar-refractivity contribution in [3.63, 3.8) is 0 Å². The summed E-state index contributed by atoms with van der Waals surface area (Å²) in [5.74, 6) is -2.87. The normalized spacial score (nSPS) is 10.2. The number of amides is 1. The number of nitrogens with one attached hydrogen (secondary N) is 2. The first-order valence-corrected chi connectivity index (χ1v) is 5.03. The monoisotopic (exact) mass is 259 g/mol. The van der Waals surface area contributed by atoms with Crippen molar-refractivity contribution in [1.82, 2.24) is 5.32 Å². The molecule has 0 heterocycles. The third-order valence-corrected chi connectivity index (χ3v) is 2.11. The van der Waals surface area contributed by atoms with Crippen molar-refractivity contribution >= 4 is 17.3 Å². The molecule has 0 saturated carbocycles. The fourth-order valence-electron chi connectivity index (χ4n) is 1.22. The van der Waals surface area contributed by atoms with Crippen LogP contribution in [0.4, 0.5) is 20.2 Å². The molecule has 0 aliphatic carbocycles. The van der Waals surface area contributed by atoms with Gasteiger partial charge in [0.2, 0.25) is 11.7 Å². The molecule has 1 rings (SSSR count). The Bertz CT molecular complexity index is 480. The molecule has 1 amide bonds. The van der Waals surface area contributed by atoms with E-state index >= 15 is 0 Å². The van der Waals surface area contributed by atoms with Gasteiger partial charge in [-0.25, -0.2) is 4.39 Å². The Morgan fingerprint density at radius 3 is 2.61 bits per heavy atom. The summed E-state index contributed by atoms with van der Waals surface area (Å²) in [5.41, 5.74) is -1.30. The molecule has 0 saturated heterocycles. The fraction of sp³-hybridized carbons (Fsp3) is 0.300. The first-order valence-electron chi connectivity index (χ1n) is 5.03. The van der Waals surface area contributed by atoms with Crippen LogP contribution in [0.1, 0.15) is 6.42 Å². The first kappa shape index (κ1) is 14.0. The lowest BCUT2D eigenvalue weighted by atomic mass is 10.2. The molecule has 0 unspecified atom stereocenters. The van der Waals surface area contributed by atoms with E-state index in [0.29, 0.717) is 18.7 Å². The summed E-state index contributed by atoms with van der Waals surface area (Å²) in [6.07, 6.45) is 0.0705. The molecule has 0 bridgehead atoms. The molecule has 1 aromatic rings. The maximum Gasteiger partial charge on any atom is 0.307 e. The molecule has 0 fully saturated rings. The molecule has 0 aliphatic heterocycles. The van der Waals surface area contributed by atoms with Crippen LogP contribution in [-0.2, 0) is 4.79 Å². The van der Waals surface area contributed by atoms with Gasteiger partial charge in [-0.05, 0) is 7.05 Å². The van der Waals surface area contributed by atoms with Crippen molar-refractivity contribution in [3.8, 4) is 0 Å². The Morgan fingerprint density at radius 1 is 1.39 bits per heavy atom. The minimum Gasteiger partial charge on any atom is -0.323 e. The van der Waals surface area contributed by atoms with Gasteiger partial charge in [-0.1, -0.05) is 0 Å². The van der Waals surface area contributed by atoms with E-state index < -0.39 is 33.8 Å². The molecular formula is C10H11F2N3O3. The average molecular weight is 259 g/mol. The summed E-state index contributed by atoms with van der Waals surface area (Å²) in [7, 11) is 1.64. The predicted octanol–water partition coefficient (Wildman–Crippen LogP) is 1.42. The minimum atomic E-state index is -1.29. The molecule has 6 nitrogen and oxygen atoms in total. The fourth-order valence-corrected chi connectivity index (χ4v) is 1.22. The molecule has 2 N–H and O–H groups in total. The van der Waals surface area contributed by atoms with Crippen molar-refractivity contribution in [1.29, 1.82) is 0 Å². The average Bonchev–Trinajstić information content (AvgIpc) is 2.29. The van der Waals surface area contributed by atoms with Gasteiger partial charge in [-0.15, -0.1) is 0 Å². The molecule has 0 atom stereocenters. The number of hydrogen-bond acceptors (Lipinski definition) is 4. The maximum absolute atomic E-state index is 13.3. The van der Waals surface area contributed by atoms with Crippen molar-refractivity contribution < 1.29 is 18.5 Å². The lowest BCUT2D eigenvalue weighted by molar-refractivity contribution is -0.387. The summed E-state index contributed by atoms with van der Waals surface area (Å²) < 4.78 is 26.3. The van der Waals surface area contributed by atoms with Crippen LogP contribution < -0.4 is 10.6 Å². The molecule has 0 radical (unpaired) electrons. The van der Waals surface area contributed by atoms with Gasteiger partial charge < -0.3 is 10.6 Å². The number of anilines is 1. The number of nitro benzene ring substituents is 1. The van der Waals surface area contributed by atoms with E-state index in [-0.39, 0.29) is 6.42 Å². The summed E-state index contributed by atoms with van der Waals surface area (Å²) >= 11 is 0. The third kappa shape index (κ3) is 3.45. The number of carbonyl (C=O) groups excluding carboxylic acids is 1. The Hall–Kier alpha value is -2.09. The topological polar surface area (TPSA) is 84.3 Å². The summed E-state index contributed by atoms with van der Waals surface area (Å²) in [6, 6.07) is 1.02. The second-order valence-electron chi connectivity index (χ2n) is 3.44. The highest BCUT2D eigenvalue weighted by Gasteiger charge is 2.19. The number of benzene rings is 1. The van der Waals surface area contributed by atoms with Crippen LogP contribution in [-0.4, -0.2) is 24.4 Å². The van der Waals surface area contributed by atoms with Crippen molar-refractivity contribution in [2.45, 2.75) is 6.42 Å². The molecule has 18 heavy (non-hydrogen) atoms. The first-order chi connectivity index (χ1) is 8.45. The van der Waals surface area contributed by atoms with Gasteiger partial charge in [0.05, 0.1) is 10.6 Å². The molecule has 0 spiro atoms. The van der Waals surface area contributed by atoms with Gasteiger partial charge in [0.15, 0.2) is 0 Å². The third-order valence-electron chi connectivity index (χ3n) is 2.11. The summed E-state index contributed by atoms with van der Waals surface area (Å²) in [5, 5.41) is 15.3. The quantitative estimate of drug-likeness (QED) is 0.618. The van der Waals surface area contributed by atoms with Crippen molar-refractivity contribution in [2.24, 2.45) is 0 Å². The highest BCUT2D eigenvalue weighted by Crippen LogP contribution is 2.25. The Morgan fingerprint density at radius 2 is 2.06 bits per heavy atom. The van der Waals surface area contributed by atoms with Gasteiger partial charge in [0.25, 0.3) is 0 Å². The molecule has 1 aromatic carbocycles. The van der Waals surface area contributed by atoms with Gasteiger partial charge in [0, 0.05) is 25.1 Å². The van der Waals surface area contributed by atoms with Crippen LogP contribution in [0.5, 0.6) is 0 Å². The predicted molar refractivity (Wildman–Crippen MR) is 60.2 cm³/mol. The lowest BCUT2D eigenvalue weighted by Gasteiger charge is -2.06. The molecular weight excluding hydrogens is 248 g/mol. The van der Waals surface area contributed by atoms with Crippen LogP contribution in [0, 0.1) is 21.7 Å². The zero-order valence-electron chi connectivity index (χ0n) is 9.50. The van der Waals surface area contributed by atoms with Crippen molar-refractivity contribution in [2.75, 3.05) is 18.9 Å². The number of nitro groups is 1. The van der Waals surface area contributed by atoms with Gasteiger partial charge >= 0.3 is 5.69 Å². The minimum absolute atomic E-state index is 0.0705. The SMILES string of the molecule is CNCCC(=O)Nc1cc([N+](=O)[O-])c(F)cc1F. The van der Waals surface area contributed by atoms with Gasteiger partial charge in [0.1, 0.15) is 5.82 Å². The van der Waals surface area contributed by atoms with E-state index in [9.17, 15) is 23.7 Å². The van der Waals surface area contributed by atoms with Crippen LogP contribution >= 0.6 is 0 Å². The van der Waals surface area contributed by atoms with E-state index in [1.807, 2.05) is 0 Å². The zero-order chi connectivity index (χ0) is 13.7. The largest absolute Gasteiger partial charge is 0.323 e. The second kappa shape index (κ2) is 6.01. The van der Waals surface area contributed by atoms with Crippen LogP contribution in [0.2, 0.25) is 0 Å². The smallest absolute Gasteiger partial charge is 0.307 e. The van der Waals surface area contributed by atoms with E-state index in [1.165, 1.54) is 0 Å². The molecule has 8 heteroatoms. The summed E-state index contributed by atoms with van der Waals surface area (Å²) in [6.45, 7) is 0.372. The summed E-state index contributed by atoms with van der Waals surface area (Å²) in [4.78, 5) is 20.8. The standard InChI is InChI=1S/C10H11F2N3O3/c1-13-3-2-10(16)14-8-5-9(15(17)18)7(12)4-6(8)11/h4-5,13H,2-3H2,1H3,(H,14,16). The van der Waals surface area contributed by atoms with Gasteiger partial charge in [-0.3, -0.25) is 14.9 Å². The highest BCUT2D eigenvalue weighted by atomic mass is 19.1. The van der Waals surface area contributed by atoms with E-state index in [1.54, 1.807) is 7.05 Å². The highest BCUT2D eigenvalue weighted by molar-refractivity contribution is 5.91. The van der Waals surface area contributed by atoms with Gasteiger partial charge in [-0.2, -0.15) is 4.39 Å². The molecule has 0 aliphatic rings. The second-order valence-corrected chi connectivity index (χ2v) is 3.44. The number of hydrogen-bond donors (Lipinski definition) is 2. The number of rotatable bonds is 5.